The first-order valence-corrected chi connectivity index (χ1v) is 15.4. The van der Waals surface area contributed by atoms with Gasteiger partial charge in [-0.1, -0.05) is 67.6 Å². The standard InChI is InChI=1S/C36H43F3N2O3/c1-5-35(27-11-7-6-8-12-27,25-32(42)44-34(2,3)4)21-24-41-22-19-29(20-23-41)40-33(43)31-14-10-9-13-30(31)26-15-17-28(18-16-26)36(37,38)39/h6-18,29H,5,19-25H2,1-4H3,(H,40,43). The highest BCUT2D eigenvalue weighted by atomic mass is 19.4. The molecule has 1 N–H and O–H groups in total. The largest absolute Gasteiger partial charge is 0.460 e. The molecule has 1 heterocycles. The second kappa shape index (κ2) is 14.0. The van der Waals surface area contributed by atoms with Crippen LogP contribution in [0.1, 0.15) is 81.3 Å². The molecular weight excluding hydrogens is 565 g/mol. The first-order chi connectivity index (χ1) is 20.8. The number of alkyl halides is 3. The van der Waals surface area contributed by atoms with Gasteiger partial charge in [-0.05, 0) is 87.9 Å². The number of rotatable bonds is 10. The SMILES string of the molecule is CCC(CCN1CCC(NC(=O)c2ccccc2-c2ccc(C(F)(F)F)cc2)CC1)(CC(=O)OC(C)(C)C)c1ccccc1. The normalized spacial score (nSPS) is 16.2. The van der Waals surface area contributed by atoms with Crippen molar-refractivity contribution in [3.63, 3.8) is 0 Å². The second-order valence-corrected chi connectivity index (χ2v) is 12.7. The number of esters is 1. The molecule has 1 atom stereocenters. The zero-order chi connectivity index (χ0) is 32.0. The van der Waals surface area contributed by atoms with Gasteiger partial charge in [-0.2, -0.15) is 13.2 Å². The van der Waals surface area contributed by atoms with Crippen LogP contribution in [-0.2, 0) is 21.1 Å². The smallest absolute Gasteiger partial charge is 0.416 e. The lowest BCUT2D eigenvalue weighted by atomic mass is 9.72. The lowest BCUT2D eigenvalue weighted by Gasteiger charge is -2.38. The third-order valence-electron chi connectivity index (χ3n) is 8.49. The molecule has 0 aliphatic carbocycles. The van der Waals surface area contributed by atoms with Gasteiger partial charge < -0.3 is 15.0 Å². The molecule has 0 saturated carbocycles. The Balaban J connectivity index is 1.37. The minimum Gasteiger partial charge on any atom is -0.460 e. The molecule has 0 aromatic heterocycles. The summed E-state index contributed by atoms with van der Waals surface area (Å²) in [6.07, 6.45) is -0.918. The molecule has 1 saturated heterocycles. The van der Waals surface area contributed by atoms with E-state index in [1.165, 1.54) is 12.1 Å². The van der Waals surface area contributed by atoms with E-state index in [1.54, 1.807) is 24.3 Å². The summed E-state index contributed by atoms with van der Waals surface area (Å²) in [7, 11) is 0. The summed E-state index contributed by atoms with van der Waals surface area (Å²) in [6, 6.07) is 22.1. The molecule has 1 aliphatic rings. The molecule has 4 rings (SSSR count). The Morgan fingerprint density at radius 1 is 0.864 bits per heavy atom. The van der Waals surface area contributed by atoms with Crippen molar-refractivity contribution < 1.29 is 27.5 Å². The van der Waals surface area contributed by atoms with Gasteiger partial charge in [-0.15, -0.1) is 0 Å². The highest BCUT2D eigenvalue weighted by Crippen LogP contribution is 2.37. The number of hydrogen-bond donors (Lipinski definition) is 1. The third-order valence-corrected chi connectivity index (χ3v) is 8.49. The van der Waals surface area contributed by atoms with Crippen molar-refractivity contribution in [2.24, 2.45) is 0 Å². The van der Waals surface area contributed by atoms with E-state index in [0.717, 1.165) is 63.0 Å². The molecule has 1 unspecified atom stereocenters. The fraction of sp³-hybridized carbons (Fsp3) is 0.444. The number of ether oxygens (including phenoxy) is 1. The van der Waals surface area contributed by atoms with Crippen molar-refractivity contribution in [1.82, 2.24) is 10.2 Å². The molecule has 8 heteroatoms. The molecule has 1 fully saturated rings. The number of amides is 1. The second-order valence-electron chi connectivity index (χ2n) is 12.7. The third kappa shape index (κ3) is 8.72. The Kier molecular flexibility index (Phi) is 10.6. The predicted molar refractivity (Wildman–Crippen MR) is 167 cm³/mol. The number of halogens is 3. The minimum atomic E-state index is -4.41. The Hall–Kier alpha value is -3.65. The average Bonchev–Trinajstić information content (AvgIpc) is 2.99. The van der Waals surface area contributed by atoms with Crippen LogP contribution in [0.2, 0.25) is 0 Å². The van der Waals surface area contributed by atoms with E-state index in [-0.39, 0.29) is 23.3 Å². The molecule has 0 bridgehead atoms. The van der Waals surface area contributed by atoms with Crippen LogP contribution in [0.25, 0.3) is 11.1 Å². The number of carbonyl (C=O) groups is 2. The van der Waals surface area contributed by atoms with Crippen LogP contribution in [0.3, 0.4) is 0 Å². The van der Waals surface area contributed by atoms with Gasteiger partial charge in [0.1, 0.15) is 5.60 Å². The first-order valence-electron chi connectivity index (χ1n) is 15.4. The number of benzene rings is 3. The van der Waals surface area contributed by atoms with Crippen molar-refractivity contribution in [3.8, 4) is 11.1 Å². The van der Waals surface area contributed by atoms with Crippen LogP contribution in [0.4, 0.5) is 13.2 Å². The summed E-state index contributed by atoms with van der Waals surface area (Å²) >= 11 is 0. The number of nitrogens with zero attached hydrogens (tertiary/aromatic N) is 1. The molecule has 5 nitrogen and oxygen atoms in total. The van der Waals surface area contributed by atoms with E-state index >= 15 is 0 Å². The van der Waals surface area contributed by atoms with Crippen molar-refractivity contribution in [3.05, 3.63) is 95.6 Å². The van der Waals surface area contributed by atoms with Crippen LogP contribution in [0.5, 0.6) is 0 Å². The molecule has 1 amide bonds. The first kappa shape index (κ1) is 33.2. The molecule has 236 valence electrons. The lowest BCUT2D eigenvalue weighted by Crippen LogP contribution is -2.46. The summed E-state index contributed by atoms with van der Waals surface area (Å²) in [5.74, 6) is -0.424. The van der Waals surface area contributed by atoms with Gasteiger partial charge in [-0.25, -0.2) is 0 Å². The zero-order valence-corrected chi connectivity index (χ0v) is 26.0. The van der Waals surface area contributed by atoms with Crippen LogP contribution in [0, 0.1) is 0 Å². The fourth-order valence-corrected chi connectivity index (χ4v) is 5.99. The number of nitrogens with one attached hydrogen (secondary N) is 1. The van der Waals surface area contributed by atoms with E-state index in [9.17, 15) is 22.8 Å². The summed E-state index contributed by atoms with van der Waals surface area (Å²) in [5.41, 5.74) is 1.13. The topological polar surface area (TPSA) is 58.6 Å². The van der Waals surface area contributed by atoms with E-state index < -0.39 is 17.3 Å². The van der Waals surface area contributed by atoms with Crippen LogP contribution < -0.4 is 5.32 Å². The van der Waals surface area contributed by atoms with Gasteiger partial charge in [-0.3, -0.25) is 9.59 Å². The average molecular weight is 609 g/mol. The Morgan fingerprint density at radius 2 is 1.48 bits per heavy atom. The van der Waals surface area contributed by atoms with Crippen molar-refractivity contribution in [2.75, 3.05) is 19.6 Å². The van der Waals surface area contributed by atoms with Crippen LogP contribution >= 0.6 is 0 Å². The molecular formula is C36H43F3N2O3. The maximum absolute atomic E-state index is 13.3. The van der Waals surface area contributed by atoms with Gasteiger partial charge in [0.05, 0.1) is 12.0 Å². The minimum absolute atomic E-state index is 0.00812. The van der Waals surface area contributed by atoms with Gasteiger partial charge in [0.25, 0.3) is 5.91 Å². The summed E-state index contributed by atoms with van der Waals surface area (Å²) in [6.45, 7) is 10.2. The van der Waals surface area contributed by atoms with Crippen LogP contribution in [0.15, 0.2) is 78.9 Å². The van der Waals surface area contributed by atoms with Crippen molar-refractivity contribution in [1.29, 1.82) is 0 Å². The van der Waals surface area contributed by atoms with Gasteiger partial charge in [0, 0.05) is 30.1 Å². The number of piperidine rings is 1. The summed E-state index contributed by atoms with van der Waals surface area (Å²) in [5, 5.41) is 3.15. The van der Waals surface area contributed by atoms with Crippen molar-refractivity contribution >= 4 is 11.9 Å². The number of carbonyl (C=O) groups excluding carboxylic acids is 2. The van der Waals surface area contributed by atoms with Crippen molar-refractivity contribution in [2.45, 2.75) is 83.0 Å². The van der Waals surface area contributed by atoms with E-state index in [2.05, 4.69) is 29.3 Å². The van der Waals surface area contributed by atoms with E-state index in [0.29, 0.717) is 23.1 Å². The Morgan fingerprint density at radius 3 is 2.07 bits per heavy atom. The Labute approximate surface area is 258 Å². The van der Waals surface area contributed by atoms with Gasteiger partial charge in [0.2, 0.25) is 0 Å². The molecule has 0 radical (unpaired) electrons. The fourth-order valence-electron chi connectivity index (χ4n) is 5.99. The maximum Gasteiger partial charge on any atom is 0.416 e. The van der Waals surface area contributed by atoms with Crippen LogP contribution in [-0.4, -0.2) is 48.1 Å². The summed E-state index contributed by atoms with van der Waals surface area (Å²) in [4.78, 5) is 28.7. The maximum atomic E-state index is 13.3. The number of hydrogen-bond acceptors (Lipinski definition) is 4. The Bertz CT molecular complexity index is 1390. The lowest BCUT2D eigenvalue weighted by molar-refractivity contribution is -0.156. The van der Waals surface area contributed by atoms with Gasteiger partial charge >= 0.3 is 12.1 Å². The van der Waals surface area contributed by atoms with E-state index in [4.69, 9.17) is 4.74 Å². The summed E-state index contributed by atoms with van der Waals surface area (Å²) < 4.78 is 44.8. The monoisotopic (exact) mass is 608 g/mol. The zero-order valence-electron chi connectivity index (χ0n) is 26.0. The molecule has 0 spiro atoms. The molecule has 3 aromatic rings. The highest BCUT2D eigenvalue weighted by Gasteiger charge is 2.36. The molecule has 3 aromatic carbocycles. The predicted octanol–water partition coefficient (Wildman–Crippen LogP) is 8.04. The molecule has 1 aliphatic heterocycles. The van der Waals surface area contributed by atoms with E-state index in [1.807, 2.05) is 39.0 Å². The van der Waals surface area contributed by atoms with Gasteiger partial charge in [0.15, 0.2) is 0 Å². The quantitative estimate of drug-likeness (QED) is 0.237. The molecule has 44 heavy (non-hydrogen) atoms. The number of likely N-dealkylation sites (tertiary alicyclic amines) is 1. The highest BCUT2D eigenvalue weighted by molar-refractivity contribution is 6.01.